The molecule has 2 aromatic carbocycles. The highest BCUT2D eigenvalue weighted by molar-refractivity contribution is 6.10. The number of methoxy groups -OCH3 is 1. The Labute approximate surface area is 189 Å². The number of amides is 1. The van der Waals surface area contributed by atoms with E-state index in [-0.39, 0.29) is 24.0 Å². The minimum Gasteiger partial charge on any atom is -0.503 e. The molecule has 3 rings (SSSR count). The van der Waals surface area contributed by atoms with Crippen LogP contribution >= 0.6 is 0 Å². The number of aliphatic hydroxyl groups is 1. The van der Waals surface area contributed by atoms with E-state index in [4.69, 9.17) is 9.47 Å². The van der Waals surface area contributed by atoms with Crippen LogP contribution in [-0.2, 0) is 16.1 Å². The zero-order chi connectivity index (χ0) is 23.6. The molecular weight excluding hydrogens is 406 g/mol. The minimum atomic E-state index is -0.762. The van der Waals surface area contributed by atoms with E-state index in [9.17, 15) is 14.7 Å². The summed E-state index contributed by atoms with van der Waals surface area (Å²) >= 11 is 0. The first-order valence-electron chi connectivity index (χ1n) is 10.7. The molecule has 0 aliphatic carbocycles. The number of hydrogen-bond donors (Lipinski definition) is 1. The summed E-state index contributed by atoms with van der Waals surface area (Å²) in [5, 5.41) is 10.8. The summed E-state index contributed by atoms with van der Waals surface area (Å²) in [5.74, 6) is -0.0232. The van der Waals surface area contributed by atoms with E-state index in [1.165, 1.54) is 4.90 Å². The lowest BCUT2D eigenvalue weighted by atomic mass is 9.82. The zero-order valence-electron chi connectivity index (χ0n) is 19.5. The number of rotatable bonds is 7. The van der Waals surface area contributed by atoms with Gasteiger partial charge in [-0.15, -0.1) is 0 Å². The predicted molar refractivity (Wildman–Crippen MR) is 123 cm³/mol. The third-order valence-electron chi connectivity index (χ3n) is 5.26. The number of carbonyl (C=O) groups excluding carboxylic acids is 2. The van der Waals surface area contributed by atoms with Crippen LogP contribution in [0.4, 0.5) is 0 Å². The number of carbonyl (C=O) groups is 2. The topological polar surface area (TPSA) is 76.1 Å². The zero-order valence-corrected chi connectivity index (χ0v) is 19.5. The molecule has 1 N–H and O–H groups in total. The van der Waals surface area contributed by atoms with Gasteiger partial charge in [-0.05, 0) is 49.2 Å². The monoisotopic (exact) mass is 437 g/mol. The number of benzene rings is 2. The van der Waals surface area contributed by atoms with E-state index in [2.05, 4.69) is 0 Å². The Hall–Kier alpha value is -3.28. The van der Waals surface area contributed by atoms with E-state index in [1.54, 1.807) is 40.0 Å². The van der Waals surface area contributed by atoms with Gasteiger partial charge in [0.15, 0.2) is 11.5 Å². The number of nitrogens with zero attached hydrogens (tertiary/aromatic N) is 1. The lowest BCUT2D eigenvalue weighted by molar-refractivity contribution is -0.130. The van der Waals surface area contributed by atoms with Crippen molar-refractivity contribution in [3.63, 3.8) is 0 Å². The molecule has 32 heavy (non-hydrogen) atoms. The Kier molecular flexibility index (Phi) is 6.63. The maximum absolute atomic E-state index is 13.3. The van der Waals surface area contributed by atoms with Crippen LogP contribution in [-0.4, -0.2) is 34.9 Å². The van der Waals surface area contributed by atoms with Gasteiger partial charge in [-0.25, -0.2) is 0 Å². The first-order valence-corrected chi connectivity index (χ1v) is 10.7. The maximum atomic E-state index is 13.3. The van der Waals surface area contributed by atoms with E-state index in [0.29, 0.717) is 17.1 Å². The Morgan fingerprint density at radius 2 is 1.75 bits per heavy atom. The van der Waals surface area contributed by atoms with Gasteiger partial charge < -0.3 is 19.5 Å². The minimum absolute atomic E-state index is 0.0184. The van der Waals surface area contributed by atoms with Crippen LogP contribution in [0.5, 0.6) is 11.5 Å². The van der Waals surface area contributed by atoms with Crippen LogP contribution in [0.3, 0.4) is 0 Å². The molecule has 1 aliphatic heterocycles. The maximum Gasteiger partial charge on any atom is 0.290 e. The molecule has 0 bridgehead atoms. The molecule has 0 spiro atoms. The van der Waals surface area contributed by atoms with Gasteiger partial charge in [-0.1, -0.05) is 45.0 Å². The largest absolute Gasteiger partial charge is 0.503 e. The Balaban J connectivity index is 2.06. The fourth-order valence-corrected chi connectivity index (χ4v) is 3.80. The summed E-state index contributed by atoms with van der Waals surface area (Å²) in [7, 11) is 1.56. The van der Waals surface area contributed by atoms with Gasteiger partial charge in [-0.2, -0.15) is 0 Å². The molecule has 0 radical (unpaired) electrons. The second-order valence-electron chi connectivity index (χ2n) is 9.27. The van der Waals surface area contributed by atoms with E-state index < -0.39 is 23.1 Å². The molecule has 1 unspecified atom stereocenters. The van der Waals surface area contributed by atoms with Crippen LogP contribution in [0.2, 0.25) is 0 Å². The van der Waals surface area contributed by atoms with Gasteiger partial charge in [-0.3, -0.25) is 9.59 Å². The highest BCUT2D eigenvalue weighted by Crippen LogP contribution is 2.42. The predicted octanol–water partition coefficient (Wildman–Crippen LogP) is 4.99. The quantitative estimate of drug-likeness (QED) is 0.660. The molecule has 1 atom stereocenters. The van der Waals surface area contributed by atoms with Crippen LogP contribution < -0.4 is 9.47 Å². The van der Waals surface area contributed by atoms with E-state index in [0.717, 1.165) is 5.56 Å². The van der Waals surface area contributed by atoms with Crippen LogP contribution in [0, 0.1) is 5.41 Å². The standard InChI is InChI=1S/C26H31NO5/c1-16(2)32-20-12-7-9-17(13-20)15-27-22(18-10-8-11-19(14-18)31-6)21(23(28)25(27)30)24(29)26(3,4)5/h7-14,16,22,28H,15H2,1-6H3. The highest BCUT2D eigenvalue weighted by atomic mass is 16.5. The third kappa shape index (κ3) is 4.79. The van der Waals surface area contributed by atoms with Crippen molar-refractivity contribution in [1.29, 1.82) is 0 Å². The molecule has 1 heterocycles. The van der Waals surface area contributed by atoms with Crippen molar-refractivity contribution in [3.05, 3.63) is 71.0 Å². The summed E-state index contributed by atoms with van der Waals surface area (Å²) in [5.41, 5.74) is 0.887. The fraction of sp³-hybridized carbons (Fsp3) is 0.385. The average molecular weight is 438 g/mol. The number of ether oxygens (including phenoxy) is 2. The number of Topliss-reactive ketones (excluding diaryl/α,β-unsaturated/α-hetero) is 1. The normalized spacial score (nSPS) is 16.7. The highest BCUT2D eigenvalue weighted by Gasteiger charge is 2.46. The summed E-state index contributed by atoms with van der Waals surface area (Å²) in [6, 6.07) is 14.0. The van der Waals surface area contributed by atoms with Gasteiger partial charge in [0.2, 0.25) is 0 Å². The first kappa shape index (κ1) is 23.4. The van der Waals surface area contributed by atoms with Crippen molar-refractivity contribution in [3.8, 4) is 11.5 Å². The van der Waals surface area contributed by atoms with E-state index >= 15 is 0 Å². The molecule has 0 aromatic heterocycles. The molecule has 0 saturated carbocycles. The third-order valence-corrected chi connectivity index (χ3v) is 5.26. The average Bonchev–Trinajstić information content (AvgIpc) is 2.97. The first-order chi connectivity index (χ1) is 15.0. The Morgan fingerprint density at radius 1 is 1.09 bits per heavy atom. The number of ketones is 1. The van der Waals surface area contributed by atoms with Crippen molar-refractivity contribution in [1.82, 2.24) is 4.90 Å². The molecule has 6 heteroatoms. The molecule has 0 saturated heterocycles. The second kappa shape index (κ2) is 9.07. The Bertz CT molecular complexity index is 1050. The molecule has 2 aromatic rings. The molecule has 6 nitrogen and oxygen atoms in total. The van der Waals surface area contributed by atoms with Crippen LogP contribution in [0.25, 0.3) is 0 Å². The van der Waals surface area contributed by atoms with Crippen LogP contribution in [0.15, 0.2) is 59.9 Å². The number of aliphatic hydroxyl groups excluding tert-OH is 1. The summed E-state index contributed by atoms with van der Waals surface area (Å²) in [4.78, 5) is 28.0. The van der Waals surface area contributed by atoms with Gasteiger partial charge in [0.1, 0.15) is 11.5 Å². The smallest absolute Gasteiger partial charge is 0.290 e. The van der Waals surface area contributed by atoms with E-state index in [1.807, 2.05) is 50.2 Å². The lowest BCUT2D eigenvalue weighted by Gasteiger charge is -2.29. The van der Waals surface area contributed by atoms with Gasteiger partial charge >= 0.3 is 0 Å². The van der Waals surface area contributed by atoms with Crippen molar-refractivity contribution in [2.75, 3.05) is 7.11 Å². The second-order valence-corrected chi connectivity index (χ2v) is 9.27. The Morgan fingerprint density at radius 3 is 2.38 bits per heavy atom. The SMILES string of the molecule is COc1cccc(C2C(C(=O)C(C)(C)C)=C(O)C(=O)N2Cc2cccc(OC(C)C)c2)c1. The van der Waals surface area contributed by atoms with Gasteiger partial charge in [0.25, 0.3) is 5.91 Å². The van der Waals surface area contributed by atoms with Crippen LogP contribution in [0.1, 0.15) is 51.8 Å². The lowest BCUT2D eigenvalue weighted by Crippen LogP contribution is -2.32. The molecule has 1 aliphatic rings. The van der Waals surface area contributed by atoms with Gasteiger partial charge in [0.05, 0.1) is 24.8 Å². The summed E-state index contributed by atoms with van der Waals surface area (Å²) in [6.45, 7) is 9.43. The van der Waals surface area contributed by atoms with Crippen molar-refractivity contribution >= 4 is 11.7 Å². The molecular formula is C26H31NO5. The van der Waals surface area contributed by atoms with Crippen molar-refractivity contribution < 1.29 is 24.2 Å². The van der Waals surface area contributed by atoms with Gasteiger partial charge in [0, 0.05) is 12.0 Å². The van der Waals surface area contributed by atoms with Crippen molar-refractivity contribution in [2.24, 2.45) is 5.41 Å². The number of hydrogen-bond acceptors (Lipinski definition) is 5. The summed E-state index contributed by atoms with van der Waals surface area (Å²) in [6.07, 6.45) is 0.0184. The summed E-state index contributed by atoms with van der Waals surface area (Å²) < 4.78 is 11.1. The molecule has 1 amide bonds. The molecule has 170 valence electrons. The molecule has 0 fully saturated rings. The van der Waals surface area contributed by atoms with Crippen molar-refractivity contribution in [2.45, 2.75) is 53.3 Å². The fourth-order valence-electron chi connectivity index (χ4n) is 3.80.